The summed E-state index contributed by atoms with van der Waals surface area (Å²) in [6.45, 7) is 0.473. The van der Waals surface area contributed by atoms with Crippen molar-refractivity contribution in [2.24, 2.45) is 0 Å². The Balaban J connectivity index is 1.49. The lowest BCUT2D eigenvalue weighted by Crippen LogP contribution is -2.51. The third kappa shape index (κ3) is 3.81. The maximum absolute atomic E-state index is 12.8. The van der Waals surface area contributed by atoms with Crippen LogP contribution in [0.4, 0.5) is 0 Å². The summed E-state index contributed by atoms with van der Waals surface area (Å²) in [5, 5.41) is 5.87. The molecular formula is C24H22N2O2. The van der Waals surface area contributed by atoms with Gasteiger partial charge >= 0.3 is 0 Å². The fraction of sp³-hybridized carbons (Fsp3) is 0.167. The summed E-state index contributed by atoms with van der Waals surface area (Å²) in [7, 11) is 0. The second-order valence-electron chi connectivity index (χ2n) is 7.01. The Morgan fingerprint density at radius 3 is 2.11 bits per heavy atom. The number of rotatable bonds is 5. The predicted molar refractivity (Wildman–Crippen MR) is 109 cm³/mol. The van der Waals surface area contributed by atoms with E-state index in [9.17, 15) is 9.59 Å². The zero-order valence-electron chi connectivity index (χ0n) is 15.5. The van der Waals surface area contributed by atoms with E-state index in [1.807, 2.05) is 54.6 Å². The van der Waals surface area contributed by atoms with E-state index in [-0.39, 0.29) is 17.7 Å². The second-order valence-corrected chi connectivity index (χ2v) is 7.01. The second kappa shape index (κ2) is 8.09. The molecule has 1 aliphatic heterocycles. The number of amides is 2. The molecule has 4 nitrogen and oxygen atoms in total. The Kier molecular flexibility index (Phi) is 5.20. The summed E-state index contributed by atoms with van der Waals surface area (Å²) < 4.78 is 0. The topological polar surface area (TPSA) is 58.2 Å². The minimum Gasteiger partial charge on any atom is -0.353 e. The maximum Gasteiger partial charge on any atom is 0.252 e. The van der Waals surface area contributed by atoms with Gasteiger partial charge in [0, 0.05) is 24.4 Å². The molecule has 0 saturated heterocycles. The number of hydrogen-bond donors (Lipinski definition) is 2. The van der Waals surface area contributed by atoms with Gasteiger partial charge in [-0.15, -0.1) is 0 Å². The van der Waals surface area contributed by atoms with Gasteiger partial charge in [-0.25, -0.2) is 0 Å². The average molecular weight is 370 g/mol. The number of carbonyl (C=O) groups is 2. The van der Waals surface area contributed by atoms with Crippen LogP contribution >= 0.6 is 0 Å². The molecule has 0 aliphatic carbocycles. The van der Waals surface area contributed by atoms with E-state index in [1.54, 1.807) is 6.07 Å². The van der Waals surface area contributed by atoms with Crippen molar-refractivity contribution < 1.29 is 9.59 Å². The fourth-order valence-electron chi connectivity index (χ4n) is 3.71. The first-order chi connectivity index (χ1) is 13.7. The molecule has 140 valence electrons. The minimum absolute atomic E-state index is 0.0536. The Morgan fingerprint density at radius 1 is 0.893 bits per heavy atom. The normalized spacial score (nSPS) is 15.6. The van der Waals surface area contributed by atoms with Crippen molar-refractivity contribution in [3.8, 4) is 0 Å². The van der Waals surface area contributed by atoms with E-state index in [0.29, 0.717) is 18.5 Å². The Labute approximate surface area is 164 Å². The molecule has 4 heteroatoms. The first-order valence-electron chi connectivity index (χ1n) is 9.49. The van der Waals surface area contributed by atoms with Crippen molar-refractivity contribution >= 4 is 11.8 Å². The van der Waals surface area contributed by atoms with Crippen molar-refractivity contribution in [1.82, 2.24) is 10.6 Å². The molecule has 0 unspecified atom stereocenters. The zero-order valence-corrected chi connectivity index (χ0v) is 15.5. The summed E-state index contributed by atoms with van der Waals surface area (Å²) in [5.74, 6) is -0.290. The molecule has 0 bridgehead atoms. The largest absolute Gasteiger partial charge is 0.353 e. The number of hydrogen-bond acceptors (Lipinski definition) is 2. The van der Waals surface area contributed by atoms with Crippen molar-refractivity contribution in [3.05, 3.63) is 107 Å². The highest BCUT2D eigenvalue weighted by molar-refractivity contribution is 6.00. The minimum atomic E-state index is -0.547. The lowest BCUT2D eigenvalue weighted by molar-refractivity contribution is -0.123. The summed E-state index contributed by atoms with van der Waals surface area (Å²) in [6.07, 6.45) is 0.509. The standard InChI is InChI=1S/C24H22N2O2/c27-23-20-14-8-7-13-19(20)15-22(26-23)24(28)25-16-21(17-9-3-1-4-10-17)18-11-5-2-6-12-18/h1-14,21-22H,15-16H2,(H,25,28)(H,26,27)/t22-/m1/s1. The van der Waals surface area contributed by atoms with Gasteiger partial charge in [-0.2, -0.15) is 0 Å². The van der Waals surface area contributed by atoms with Crippen molar-refractivity contribution in [2.75, 3.05) is 6.54 Å². The van der Waals surface area contributed by atoms with E-state index >= 15 is 0 Å². The van der Waals surface area contributed by atoms with Crippen LogP contribution in [0.15, 0.2) is 84.9 Å². The van der Waals surface area contributed by atoms with E-state index in [0.717, 1.165) is 16.7 Å². The van der Waals surface area contributed by atoms with Gasteiger partial charge in [0.2, 0.25) is 5.91 Å². The van der Waals surface area contributed by atoms with E-state index in [1.165, 1.54) is 0 Å². The van der Waals surface area contributed by atoms with Crippen LogP contribution in [0.25, 0.3) is 0 Å². The fourth-order valence-corrected chi connectivity index (χ4v) is 3.71. The van der Waals surface area contributed by atoms with Gasteiger partial charge in [-0.3, -0.25) is 9.59 Å². The summed E-state index contributed by atoms with van der Waals surface area (Å²) >= 11 is 0. The summed E-state index contributed by atoms with van der Waals surface area (Å²) in [4.78, 5) is 25.1. The first kappa shape index (κ1) is 18.0. The zero-order chi connectivity index (χ0) is 19.3. The molecule has 1 atom stereocenters. The highest BCUT2D eigenvalue weighted by atomic mass is 16.2. The molecule has 0 spiro atoms. The average Bonchev–Trinajstić information content (AvgIpc) is 2.75. The highest BCUT2D eigenvalue weighted by Crippen LogP contribution is 2.24. The molecule has 4 rings (SSSR count). The number of nitrogens with one attached hydrogen (secondary N) is 2. The third-order valence-electron chi connectivity index (χ3n) is 5.19. The molecule has 3 aromatic rings. The van der Waals surface area contributed by atoms with Gasteiger partial charge in [0.05, 0.1) is 0 Å². The molecule has 1 aliphatic rings. The highest BCUT2D eigenvalue weighted by Gasteiger charge is 2.29. The van der Waals surface area contributed by atoms with Gasteiger partial charge in [-0.1, -0.05) is 78.9 Å². The summed E-state index contributed by atoms with van der Waals surface area (Å²) in [5.41, 5.74) is 3.85. The SMILES string of the molecule is O=C1N[C@@H](C(=O)NCC(c2ccccc2)c2ccccc2)Cc2ccccc21. The predicted octanol–water partition coefficient (Wildman–Crippen LogP) is 3.29. The number of benzene rings is 3. The summed E-state index contributed by atoms with van der Waals surface area (Å²) in [6, 6.07) is 27.2. The Bertz CT molecular complexity index is 931. The molecule has 3 aromatic carbocycles. The van der Waals surface area contributed by atoms with Crippen LogP contribution in [-0.2, 0) is 11.2 Å². The smallest absolute Gasteiger partial charge is 0.252 e. The molecule has 0 radical (unpaired) electrons. The van der Waals surface area contributed by atoms with Crippen LogP contribution in [-0.4, -0.2) is 24.4 Å². The van der Waals surface area contributed by atoms with Gasteiger partial charge in [-0.05, 0) is 22.8 Å². The molecule has 2 amide bonds. The molecular weight excluding hydrogens is 348 g/mol. The first-order valence-corrected chi connectivity index (χ1v) is 9.49. The van der Waals surface area contributed by atoms with Crippen molar-refractivity contribution in [1.29, 1.82) is 0 Å². The molecule has 0 aromatic heterocycles. The molecule has 0 fully saturated rings. The van der Waals surface area contributed by atoms with Crippen LogP contribution in [0, 0.1) is 0 Å². The van der Waals surface area contributed by atoms with E-state index in [4.69, 9.17) is 0 Å². The van der Waals surface area contributed by atoms with Crippen LogP contribution in [0.2, 0.25) is 0 Å². The molecule has 1 heterocycles. The van der Waals surface area contributed by atoms with E-state index in [2.05, 4.69) is 34.9 Å². The van der Waals surface area contributed by atoms with Crippen LogP contribution in [0.5, 0.6) is 0 Å². The van der Waals surface area contributed by atoms with E-state index < -0.39 is 6.04 Å². The Hall–Kier alpha value is -3.40. The van der Waals surface area contributed by atoms with Gasteiger partial charge < -0.3 is 10.6 Å². The van der Waals surface area contributed by atoms with Gasteiger partial charge in [0.15, 0.2) is 0 Å². The Morgan fingerprint density at radius 2 is 1.46 bits per heavy atom. The van der Waals surface area contributed by atoms with Gasteiger partial charge in [0.1, 0.15) is 6.04 Å². The van der Waals surface area contributed by atoms with Crippen molar-refractivity contribution in [2.45, 2.75) is 18.4 Å². The van der Waals surface area contributed by atoms with Crippen molar-refractivity contribution in [3.63, 3.8) is 0 Å². The number of carbonyl (C=O) groups excluding carboxylic acids is 2. The lowest BCUT2D eigenvalue weighted by Gasteiger charge is -2.26. The molecule has 28 heavy (non-hydrogen) atoms. The van der Waals surface area contributed by atoms with Crippen LogP contribution < -0.4 is 10.6 Å². The molecule has 2 N–H and O–H groups in total. The monoisotopic (exact) mass is 370 g/mol. The molecule has 0 saturated carbocycles. The van der Waals surface area contributed by atoms with Crippen LogP contribution in [0.1, 0.15) is 33.0 Å². The lowest BCUT2D eigenvalue weighted by atomic mass is 9.91. The third-order valence-corrected chi connectivity index (χ3v) is 5.19. The quantitative estimate of drug-likeness (QED) is 0.724. The van der Waals surface area contributed by atoms with Gasteiger partial charge in [0.25, 0.3) is 5.91 Å². The maximum atomic E-state index is 12.8. The number of fused-ring (bicyclic) bond motifs is 1. The van der Waals surface area contributed by atoms with Crippen LogP contribution in [0.3, 0.4) is 0 Å².